The van der Waals surface area contributed by atoms with E-state index < -0.39 is 0 Å². The van der Waals surface area contributed by atoms with Crippen LogP contribution in [0.15, 0.2) is 30.3 Å². The summed E-state index contributed by atoms with van der Waals surface area (Å²) in [7, 11) is 0. The van der Waals surface area contributed by atoms with Gasteiger partial charge in [0, 0.05) is 0 Å². The Hall–Kier alpha value is -1.35. The third-order valence-corrected chi connectivity index (χ3v) is 3.59. The highest BCUT2D eigenvalue weighted by Crippen LogP contribution is 2.31. The second kappa shape index (κ2) is 6.01. The minimum Gasteiger partial charge on any atom is -0.459 e. The predicted molar refractivity (Wildman–Crippen MR) is 68.9 cm³/mol. The average Bonchev–Trinajstić information content (AvgIpc) is 2.38. The van der Waals surface area contributed by atoms with E-state index in [0.717, 1.165) is 12.0 Å². The maximum absolute atomic E-state index is 11.4. The van der Waals surface area contributed by atoms with Gasteiger partial charge in [-0.1, -0.05) is 50.6 Å². The van der Waals surface area contributed by atoms with Crippen LogP contribution < -0.4 is 0 Å². The summed E-state index contributed by atoms with van der Waals surface area (Å²) in [5.74, 6) is 0.319. The number of esters is 1. The van der Waals surface area contributed by atoms with Crippen LogP contribution in [-0.4, -0.2) is 18.7 Å². The monoisotopic (exact) mass is 248 g/mol. The minimum absolute atomic E-state index is 0.0192. The van der Waals surface area contributed by atoms with E-state index in [9.17, 15) is 4.79 Å². The van der Waals surface area contributed by atoms with Gasteiger partial charge < -0.3 is 9.47 Å². The van der Waals surface area contributed by atoms with Crippen molar-refractivity contribution in [1.29, 1.82) is 0 Å². The predicted octanol–water partition coefficient (Wildman–Crippen LogP) is 2.79. The molecule has 0 aliphatic carbocycles. The Labute approximate surface area is 108 Å². The third kappa shape index (κ3) is 2.91. The lowest BCUT2D eigenvalue weighted by Gasteiger charge is -2.38. The molecule has 1 fully saturated rings. The summed E-state index contributed by atoms with van der Waals surface area (Å²) >= 11 is 0. The van der Waals surface area contributed by atoms with E-state index in [1.807, 2.05) is 30.3 Å². The molecule has 0 amide bonds. The van der Waals surface area contributed by atoms with Gasteiger partial charge in [-0.05, 0) is 11.5 Å². The molecule has 3 atom stereocenters. The van der Waals surface area contributed by atoms with Gasteiger partial charge in [0.25, 0.3) is 0 Å². The molecule has 0 unspecified atom stereocenters. The zero-order valence-electron chi connectivity index (χ0n) is 11.0. The summed E-state index contributed by atoms with van der Waals surface area (Å²) in [5.41, 5.74) is 1.14. The van der Waals surface area contributed by atoms with Gasteiger partial charge in [-0.25, -0.2) is 0 Å². The second-order valence-corrected chi connectivity index (χ2v) is 4.89. The highest BCUT2D eigenvalue weighted by molar-refractivity contribution is 5.78. The van der Waals surface area contributed by atoms with E-state index in [-0.39, 0.29) is 18.0 Å². The zero-order valence-corrected chi connectivity index (χ0v) is 11.0. The number of carbonyl (C=O) groups is 1. The Kier molecular flexibility index (Phi) is 4.37. The molecule has 0 spiro atoms. The highest BCUT2D eigenvalue weighted by Gasteiger charge is 2.45. The fraction of sp³-hybridized carbons (Fsp3) is 0.533. The number of hydrogen-bond donors (Lipinski definition) is 0. The molecule has 0 bridgehead atoms. The molecule has 1 aliphatic heterocycles. The molecule has 2 rings (SSSR count). The van der Waals surface area contributed by atoms with Crippen molar-refractivity contribution in [3.63, 3.8) is 0 Å². The molecule has 1 aliphatic rings. The van der Waals surface area contributed by atoms with Crippen molar-refractivity contribution in [1.82, 2.24) is 0 Å². The Balaban J connectivity index is 1.76. The first-order valence-electron chi connectivity index (χ1n) is 6.54. The normalized spacial score (nSPS) is 24.2. The molecule has 3 nitrogen and oxygen atoms in total. The van der Waals surface area contributed by atoms with E-state index in [1.54, 1.807) is 0 Å². The molecule has 18 heavy (non-hydrogen) atoms. The fourth-order valence-corrected chi connectivity index (χ4v) is 2.24. The van der Waals surface area contributed by atoms with Gasteiger partial charge in [0.15, 0.2) is 0 Å². The van der Waals surface area contributed by atoms with E-state index >= 15 is 0 Å². The van der Waals surface area contributed by atoms with Crippen LogP contribution >= 0.6 is 0 Å². The maximum Gasteiger partial charge on any atom is 0.313 e. The van der Waals surface area contributed by atoms with E-state index in [4.69, 9.17) is 9.47 Å². The number of ether oxygens (including phenoxy) is 2. The molecular formula is C15H20O3. The van der Waals surface area contributed by atoms with Crippen molar-refractivity contribution < 1.29 is 14.3 Å². The van der Waals surface area contributed by atoms with Crippen LogP contribution in [0.1, 0.15) is 25.8 Å². The lowest BCUT2D eigenvalue weighted by atomic mass is 9.83. The van der Waals surface area contributed by atoms with Gasteiger partial charge in [0.2, 0.25) is 0 Å². The number of hydrogen-bond acceptors (Lipinski definition) is 3. The topological polar surface area (TPSA) is 35.5 Å². The standard InChI is InChI=1S/C15H20O3/c1-3-11(2)14-13(18-15(14)16)10-17-9-12-7-5-4-6-8-12/h4-8,11,13-14H,3,9-10H2,1-2H3/t11-,13-,14-/m0/s1. The first kappa shape index (κ1) is 13.1. The number of carbonyl (C=O) groups excluding carboxylic acids is 1. The molecule has 0 aromatic heterocycles. The van der Waals surface area contributed by atoms with Gasteiger partial charge in [-0.2, -0.15) is 0 Å². The van der Waals surface area contributed by atoms with Crippen molar-refractivity contribution in [2.75, 3.05) is 6.61 Å². The van der Waals surface area contributed by atoms with Crippen molar-refractivity contribution in [2.45, 2.75) is 33.0 Å². The Morgan fingerprint density at radius 3 is 2.67 bits per heavy atom. The molecule has 1 saturated heterocycles. The van der Waals surface area contributed by atoms with Crippen LogP contribution in [0, 0.1) is 11.8 Å². The number of rotatable bonds is 6. The molecular weight excluding hydrogens is 228 g/mol. The van der Waals surface area contributed by atoms with E-state index in [1.165, 1.54) is 0 Å². The first-order chi connectivity index (χ1) is 8.72. The molecule has 0 saturated carbocycles. The smallest absolute Gasteiger partial charge is 0.313 e. The van der Waals surface area contributed by atoms with Gasteiger partial charge in [0.05, 0.1) is 19.1 Å². The minimum atomic E-state index is -0.0716. The Bertz CT molecular complexity index is 388. The summed E-state index contributed by atoms with van der Waals surface area (Å²) < 4.78 is 10.8. The molecule has 1 aromatic rings. The fourth-order valence-electron chi connectivity index (χ4n) is 2.24. The van der Waals surface area contributed by atoms with Crippen LogP contribution in [0.4, 0.5) is 0 Å². The maximum atomic E-state index is 11.4. The highest BCUT2D eigenvalue weighted by atomic mass is 16.6. The Morgan fingerprint density at radius 2 is 2.06 bits per heavy atom. The van der Waals surface area contributed by atoms with Crippen LogP contribution in [0.3, 0.4) is 0 Å². The lowest BCUT2D eigenvalue weighted by molar-refractivity contribution is -0.197. The van der Waals surface area contributed by atoms with Crippen molar-refractivity contribution >= 4 is 5.97 Å². The molecule has 1 heterocycles. The van der Waals surface area contributed by atoms with Crippen molar-refractivity contribution in [3.05, 3.63) is 35.9 Å². The van der Waals surface area contributed by atoms with E-state index in [2.05, 4.69) is 13.8 Å². The zero-order chi connectivity index (χ0) is 13.0. The summed E-state index contributed by atoms with van der Waals surface area (Å²) in [4.78, 5) is 11.4. The number of benzene rings is 1. The summed E-state index contributed by atoms with van der Waals surface area (Å²) in [6, 6.07) is 10.0. The van der Waals surface area contributed by atoms with Crippen molar-refractivity contribution in [3.8, 4) is 0 Å². The summed E-state index contributed by atoms with van der Waals surface area (Å²) in [6.45, 7) is 5.26. The largest absolute Gasteiger partial charge is 0.459 e. The average molecular weight is 248 g/mol. The van der Waals surface area contributed by atoms with Gasteiger partial charge in [0.1, 0.15) is 6.10 Å². The van der Waals surface area contributed by atoms with E-state index in [0.29, 0.717) is 19.1 Å². The van der Waals surface area contributed by atoms with Gasteiger partial charge in [-0.3, -0.25) is 4.79 Å². The Morgan fingerprint density at radius 1 is 1.33 bits per heavy atom. The van der Waals surface area contributed by atoms with Crippen LogP contribution in [0.5, 0.6) is 0 Å². The quantitative estimate of drug-likeness (QED) is 0.726. The molecule has 0 radical (unpaired) electrons. The SMILES string of the molecule is CC[C@H](C)[C@@H]1C(=O)O[C@H]1COCc1ccccc1. The second-order valence-electron chi connectivity index (χ2n) is 4.89. The molecule has 1 aromatic carbocycles. The van der Waals surface area contributed by atoms with Crippen LogP contribution in [-0.2, 0) is 20.9 Å². The first-order valence-corrected chi connectivity index (χ1v) is 6.54. The lowest BCUT2D eigenvalue weighted by Crippen LogP contribution is -2.50. The van der Waals surface area contributed by atoms with Gasteiger partial charge >= 0.3 is 5.97 Å². The number of cyclic esters (lactones) is 1. The molecule has 3 heteroatoms. The molecule has 0 N–H and O–H groups in total. The van der Waals surface area contributed by atoms with Crippen LogP contribution in [0.25, 0.3) is 0 Å². The van der Waals surface area contributed by atoms with Crippen molar-refractivity contribution in [2.24, 2.45) is 11.8 Å². The molecule has 98 valence electrons. The summed E-state index contributed by atoms with van der Waals surface area (Å²) in [5, 5.41) is 0. The van der Waals surface area contributed by atoms with Crippen LogP contribution in [0.2, 0.25) is 0 Å². The third-order valence-electron chi connectivity index (χ3n) is 3.59. The van der Waals surface area contributed by atoms with Gasteiger partial charge in [-0.15, -0.1) is 0 Å². The summed E-state index contributed by atoms with van der Waals surface area (Å²) in [6.07, 6.45) is 0.936.